The van der Waals surface area contributed by atoms with Crippen molar-refractivity contribution in [3.05, 3.63) is 32.7 Å². The molecule has 1 atom stereocenters. The lowest BCUT2D eigenvalue weighted by atomic mass is 10.1. The minimum absolute atomic E-state index is 0.0200. The smallest absolute Gasteiger partial charge is 0.295 e. The largest absolute Gasteiger partial charge is 0.328 e. The summed E-state index contributed by atoms with van der Waals surface area (Å²) in [6.45, 7) is 0. The van der Waals surface area contributed by atoms with E-state index >= 15 is 0 Å². The fourth-order valence-electron chi connectivity index (χ4n) is 2.39. The molecule has 3 rings (SSSR count). The number of nitrogens with zero attached hydrogens (tertiary/aromatic N) is 2. The summed E-state index contributed by atoms with van der Waals surface area (Å²) in [7, 11) is 3.63. The summed E-state index contributed by atoms with van der Waals surface area (Å²) in [5.74, 6) is 0.736. The summed E-state index contributed by atoms with van der Waals surface area (Å²) in [6, 6.07) is 4.17. The Morgan fingerprint density at radius 1 is 1.22 bits per heavy atom. The zero-order chi connectivity index (χ0) is 13.0. The SMILES string of the molecule is Cn1c(=O)n(C)c2cc(C(Br)C3CC3)c(Br)cc21. The quantitative estimate of drug-likeness (QED) is 0.740. The molecular formula is C13H14Br2N2O. The Morgan fingerprint density at radius 2 is 1.78 bits per heavy atom. The molecule has 1 saturated carbocycles. The number of alkyl halides is 1. The van der Waals surface area contributed by atoms with E-state index < -0.39 is 0 Å². The Labute approximate surface area is 122 Å². The number of imidazole rings is 1. The van der Waals surface area contributed by atoms with Gasteiger partial charge in [-0.3, -0.25) is 9.13 Å². The standard InChI is InChI=1S/C13H14Br2N2O/c1-16-10-5-8(12(15)7-3-4-7)9(14)6-11(10)17(2)13(16)18/h5-7,12H,3-4H2,1-2H3. The molecule has 1 heterocycles. The van der Waals surface area contributed by atoms with Gasteiger partial charge in [0.2, 0.25) is 0 Å². The fourth-order valence-corrected chi connectivity index (χ4v) is 4.18. The molecule has 96 valence electrons. The Hall–Kier alpha value is -0.550. The van der Waals surface area contributed by atoms with Gasteiger partial charge in [-0.2, -0.15) is 0 Å². The number of hydrogen-bond donors (Lipinski definition) is 0. The van der Waals surface area contributed by atoms with Crippen LogP contribution < -0.4 is 5.69 Å². The minimum Gasteiger partial charge on any atom is -0.295 e. The maximum Gasteiger partial charge on any atom is 0.328 e. The van der Waals surface area contributed by atoms with Crippen molar-refractivity contribution in [2.24, 2.45) is 20.0 Å². The van der Waals surface area contributed by atoms with E-state index in [4.69, 9.17) is 0 Å². The van der Waals surface area contributed by atoms with Crippen LogP contribution in [0, 0.1) is 5.92 Å². The summed E-state index contributed by atoms with van der Waals surface area (Å²) < 4.78 is 4.47. The number of aryl methyl sites for hydroxylation is 2. The van der Waals surface area contributed by atoms with Gasteiger partial charge in [-0.1, -0.05) is 31.9 Å². The van der Waals surface area contributed by atoms with E-state index in [1.165, 1.54) is 18.4 Å². The van der Waals surface area contributed by atoms with Gasteiger partial charge in [0.1, 0.15) is 0 Å². The summed E-state index contributed by atoms with van der Waals surface area (Å²) in [4.78, 5) is 12.3. The molecule has 5 heteroatoms. The molecule has 1 aromatic heterocycles. The normalized spacial score (nSPS) is 17.3. The van der Waals surface area contributed by atoms with Gasteiger partial charge in [-0.25, -0.2) is 4.79 Å². The first kappa shape index (κ1) is 12.5. The molecule has 0 spiro atoms. The molecule has 18 heavy (non-hydrogen) atoms. The minimum atomic E-state index is 0.0200. The van der Waals surface area contributed by atoms with Crippen molar-refractivity contribution in [2.45, 2.75) is 17.7 Å². The third kappa shape index (κ3) is 1.79. The van der Waals surface area contributed by atoms with Gasteiger partial charge in [-0.05, 0) is 36.5 Å². The lowest BCUT2D eigenvalue weighted by molar-refractivity contribution is 0.794. The van der Waals surface area contributed by atoms with Gasteiger partial charge in [0.15, 0.2) is 0 Å². The van der Waals surface area contributed by atoms with Gasteiger partial charge in [-0.15, -0.1) is 0 Å². The third-order valence-electron chi connectivity index (χ3n) is 3.72. The molecule has 1 aliphatic rings. The molecule has 0 saturated heterocycles. The topological polar surface area (TPSA) is 26.9 Å². The van der Waals surface area contributed by atoms with Gasteiger partial charge >= 0.3 is 5.69 Å². The summed E-state index contributed by atoms with van der Waals surface area (Å²) in [5.41, 5.74) is 3.22. The molecule has 1 aliphatic carbocycles. The van der Waals surface area contributed by atoms with Crippen LogP contribution in [-0.2, 0) is 14.1 Å². The fraction of sp³-hybridized carbons (Fsp3) is 0.462. The Balaban J connectivity index is 2.25. The number of fused-ring (bicyclic) bond motifs is 1. The van der Waals surface area contributed by atoms with Crippen LogP contribution >= 0.6 is 31.9 Å². The number of benzene rings is 1. The number of hydrogen-bond acceptors (Lipinski definition) is 1. The number of halogens is 2. The van der Waals surface area contributed by atoms with Crippen molar-refractivity contribution in [2.75, 3.05) is 0 Å². The van der Waals surface area contributed by atoms with E-state index in [-0.39, 0.29) is 5.69 Å². The van der Waals surface area contributed by atoms with Crippen LogP contribution in [0.4, 0.5) is 0 Å². The Kier molecular flexibility index (Phi) is 2.94. The van der Waals surface area contributed by atoms with E-state index in [1.807, 2.05) is 20.2 Å². The van der Waals surface area contributed by atoms with E-state index in [1.54, 1.807) is 9.13 Å². The molecule has 0 bridgehead atoms. The van der Waals surface area contributed by atoms with Crippen molar-refractivity contribution >= 4 is 42.9 Å². The molecular weight excluding hydrogens is 360 g/mol. The Morgan fingerprint density at radius 3 is 2.33 bits per heavy atom. The molecule has 3 nitrogen and oxygen atoms in total. The number of aromatic nitrogens is 2. The van der Waals surface area contributed by atoms with Gasteiger partial charge in [0.25, 0.3) is 0 Å². The second-order valence-corrected chi connectivity index (χ2v) is 6.84. The maximum atomic E-state index is 11.9. The second-order valence-electron chi connectivity index (χ2n) is 5.00. The lowest BCUT2D eigenvalue weighted by Gasteiger charge is -2.12. The highest BCUT2D eigenvalue weighted by Gasteiger charge is 2.31. The van der Waals surface area contributed by atoms with E-state index in [2.05, 4.69) is 37.9 Å². The van der Waals surface area contributed by atoms with Crippen molar-refractivity contribution in [3.8, 4) is 0 Å². The first-order valence-corrected chi connectivity index (χ1v) is 7.70. The van der Waals surface area contributed by atoms with Crippen LogP contribution in [0.15, 0.2) is 21.4 Å². The second kappa shape index (κ2) is 4.23. The average Bonchev–Trinajstić information content (AvgIpc) is 3.16. The molecule has 0 N–H and O–H groups in total. The van der Waals surface area contributed by atoms with E-state index in [0.29, 0.717) is 4.83 Å². The monoisotopic (exact) mass is 372 g/mol. The summed E-state index contributed by atoms with van der Waals surface area (Å²) >= 11 is 7.40. The highest BCUT2D eigenvalue weighted by atomic mass is 79.9. The van der Waals surface area contributed by atoms with Crippen molar-refractivity contribution in [3.63, 3.8) is 0 Å². The molecule has 1 aromatic carbocycles. The van der Waals surface area contributed by atoms with Crippen LogP contribution in [0.1, 0.15) is 23.2 Å². The predicted octanol–water partition coefficient (Wildman–Crippen LogP) is 3.49. The predicted molar refractivity (Wildman–Crippen MR) is 80.3 cm³/mol. The van der Waals surface area contributed by atoms with E-state index in [9.17, 15) is 4.79 Å². The summed E-state index contributed by atoms with van der Waals surface area (Å²) in [6.07, 6.45) is 2.57. The van der Waals surface area contributed by atoms with Crippen molar-refractivity contribution in [1.82, 2.24) is 9.13 Å². The molecule has 0 radical (unpaired) electrons. The molecule has 1 unspecified atom stereocenters. The van der Waals surface area contributed by atoms with Crippen molar-refractivity contribution < 1.29 is 0 Å². The third-order valence-corrected chi connectivity index (χ3v) is 5.65. The molecule has 0 amide bonds. The van der Waals surface area contributed by atoms with Crippen LogP contribution in [0.5, 0.6) is 0 Å². The van der Waals surface area contributed by atoms with Crippen LogP contribution in [0.25, 0.3) is 11.0 Å². The average molecular weight is 374 g/mol. The van der Waals surface area contributed by atoms with Crippen LogP contribution in [0.3, 0.4) is 0 Å². The van der Waals surface area contributed by atoms with E-state index in [0.717, 1.165) is 21.4 Å². The molecule has 2 aromatic rings. The van der Waals surface area contributed by atoms with Crippen molar-refractivity contribution in [1.29, 1.82) is 0 Å². The molecule has 0 aliphatic heterocycles. The maximum absolute atomic E-state index is 11.9. The highest BCUT2D eigenvalue weighted by Crippen LogP contribution is 2.48. The first-order chi connectivity index (χ1) is 8.50. The Bertz CT molecular complexity index is 682. The van der Waals surface area contributed by atoms with Gasteiger partial charge < -0.3 is 0 Å². The zero-order valence-corrected chi connectivity index (χ0v) is 13.5. The lowest BCUT2D eigenvalue weighted by Crippen LogP contribution is -2.19. The summed E-state index contributed by atoms with van der Waals surface area (Å²) in [5, 5.41) is 0. The molecule has 1 fully saturated rings. The van der Waals surface area contributed by atoms with Crippen LogP contribution in [0.2, 0.25) is 0 Å². The first-order valence-electron chi connectivity index (χ1n) is 5.99. The van der Waals surface area contributed by atoms with Gasteiger partial charge in [0.05, 0.1) is 11.0 Å². The highest BCUT2D eigenvalue weighted by molar-refractivity contribution is 9.11. The zero-order valence-electron chi connectivity index (χ0n) is 10.3. The number of rotatable bonds is 2. The van der Waals surface area contributed by atoms with Crippen LogP contribution in [-0.4, -0.2) is 9.13 Å². The van der Waals surface area contributed by atoms with Gasteiger partial charge in [0, 0.05) is 23.4 Å².